The lowest BCUT2D eigenvalue weighted by atomic mass is 9.96. The Bertz CT molecular complexity index is 913. The molecule has 1 unspecified atom stereocenters. The second-order valence-electron chi connectivity index (χ2n) is 7.64. The van der Waals surface area contributed by atoms with Gasteiger partial charge in [0.05, 0.1) is 29.6 Å². The average Bonchev–Trinajstić information content (AvgIpc) is 2.67. The van der Waals surface area contributed by atoms with Gasteiger partial charge in [-0.3, -0.25) is 4.79 Å². The highest BCUT2D eigenvalue weighted by atomic mass is 19.1. The fraction of sp³-hybridized carbons (Fsp3) is 0.381. The molecule has 0 saturated carbocycles. The molecular weight excluding hydrogens is 380 g/mol. The summed E-state index contributed by atoms with van der Waals surface area (Å²) in [4.78, 5) is 12.5. The molecule has 156 valence electrons. The molecule has 0 fully saturated rings. The zero-order valence-corrected chi connectivity index (χ0v) is 16.6. The van der Waals surface area contributed by atoms with E-state index in [2.05, 4.69) is 16.0 Å². The number of fused-ring (bicyclic) bond motifs is 1. The number of rotatable bonds is 6. The van der Waals surface area contributed by atoms with E-state index in [0.717, 1.165) is 23.5 Å². The summed E-state index contributed by atoms with van der Waals surface area (Å²) in [5, 5.41) is 19.2. The molecule has 29 heavy (non-hydrogen) atoms. The van der Waals surface area contributed by atoms with E-state index >= 15 is 0 Å². The first-order valence-electron chi connectivity index (χ1n) is 9.30. The summed E-state index contributed by atoms with van der Waals surface area (Å²) in [6, 6.07) is 7.03. The predicted molar refractivity (Wildman–Crippen MR) is 107 cm³/mol. The van der Waals surface area contributed by atoms with Crippen molar-refractivity contribution in [1.29, 1.82) is 0 Å². The monoisotopic (exact) mass is 405 g/mol. The van der Waals surface area contributed by atoms with Gasteiger partial charge in [0.2, 0.25) is 0 Å². The van der Waals surface area contributed by atoms with Crippen LogP contribution in [0.1, 0.15) is 35.3 Å². The van der Waals surface area contributed by atoms with Crippen LogP contribution in [0.5, 0.6) is 0 Å². The topological polar surface area (TPSA) is 82.6 Å². The van der Waals surface area contributed by atoms with Gasteiger partial charge in [-0.05, 0) is 44.2 Å². The summed E-state index contributed by atoms with van der Waals surface area (Å²) in [6.45, 7) is 3.78. The molecule has 0 spiro atoms. The Hall–Kier alpha value is -2.71. The highest BCUT2D eigenvalue weighted by molar-refractivity contribution is 5.96. The quantitative estimate of drug-likeness (QED) is 0.594. The largest absolute Gasteiger partial charge is 0.388 e. The van der Waals surface area contributed by atoms with Gasteiger partial charge in [0.15, 0.2) is 0 Å². The van der Waals surface area contributed by atoms with E-state index in [1.165, 1.54) is 7.11 Å². The molecular formula is C21H25F2N3O3. The van der Waals surface area contributed by atoms with E-state index in [1.54, 1.807) is 32.0 Å². The number of hydrogen-bond donors (Lipinski definition) is 4. The molecule has 0 saturated heterocycles. The normalized spacial score (nSPS) is 15.9. The lowest BCUT2D eigenvalue weighted by Gasteiger charge is -2.36. The van der Waals surface area contributed by atoms with Crippen molar-refractivity contribution in [2.45, 2.75) is 38.6 Å². The number of anilines is 2. The first-order valence-corrected chi connectivity index (χ1v) is 9.30. The number of amides is 1. The number of methoxy groups -OCH3 is 1. The van der Waals surface area contributed by atoms with Crippen molar-refractivity contribution in [3.8, 4) is 0 Å². The number of hydrogen-bond acceptors (Lipinski definition) is 5. The molecule has 1 amide bonds. The van der Waals surface area contributed by atoms with Gasteiger partial charge in [0, 0.05) is 36.9 Å². The molecule has 2 aromatic carbocycles. The Morgan fingerprint density at radius 3 is 2.59 bits per heavy atom. The lowest BCUT2D eigenvalue weighted by Crippen LogP contribution is -2.48. The Morgan fingerprint density at radius 2 is 1.90 bits per heavy atom. The van der Waals surface area contributed by atoms with Crippen LogP contribution in [0.15, 0.2) is 30.3 Å². The third-order valence-electron chi connectivity index (χ3n) is 4.92. The van der Waals surface area contributed by atoms with E-state index in [4.69, 9.17) is 4.74 Å². The minimum absolute atomic E-state index is 0.0279. The van der Waals surface area contributed by atoms with Crippen molar-refractivity contribution in [3.63, 3.8) is 0 Å². The van der Waals surface area contributed by atoms with Crippen molar-refractivity contribution >= 4 is 17.3 Å². The first-order chi connectivity index (χ1) is 13.7. The highest BCUT2D eigenvalue weighted by Crippen LogP contribution is 2.30. The maximum Gasteiger partial charge on any atom is 0.251 e. The van der Waals surface area contributed by atoms with E-state index < -0.39 is 23.1 Å². The van der Waals surface area contributed by atoms with Crippen molar-refractivity contribution in [2.24, 2.45) is 0 Å². The molecule has 1 heterocycles. The second-order valence-corrected chi connectivity index (χ2v) is 7.64. The SMILES string of the molecule is COCc1cc(F)c(CNC(=O)c2ccc3c(c2)NCC(C(C)(C)O)N3)cc1F. The number of carbonyl (C=O) groups is 1. The maximum absolute atomic E-state index is 14.2. The van der Waals surface area contributed by atoms with Gasteiger partial charge in [0.25, 0.3) is 5.91 Å². The van der Waals surface area contributed by atoms with Gasteiger partial charge in [-0.2, -0.15) is 0 Å². The lowest BCUT2D eigenvalue weighted by molar-refractivity contribution is 0.0625. The van der Waals surface area contributed by atoms with E-state index in [-0.39, 0.29) is 30.3 Å². The van der Waals surface area contributed by atoms with E-state index in [0.29, 0.717) is 12.1 Å². The fourth-order valence-corrected chi connectivity index (χ4v) is 3.14. The van der Waals surface area contributed by atoms with Crippen LogP contribution in [-0.2, 0) is 17.9 Å². The van der Waals surface area contributed by atoms with Crippen LogP contribution in [0, 0.1) is 11.6 Å². The molecule has 3 rings (SSSR count). The van der Waals surface area contributed by atoms with E-state index in [1.807, 2.05) is 0 Å². The Kier molecular flexibility index (Phi) is 6.04. The molecule has 0 radical (unpaired) electrons. The van der Waals surface area contributed by atoms with Crippen LogP contribution >= 0.6 is 0 Å². The molecule has 4 N–H and O–H groups in total. The summed E-state index contributed by atoms with van der Waals surface area (Å²) in [5.74, 6) is -1.59. The number of aliphatic hydroxyl groups is 1. The maximum atomic E-state index is 14.2. The summed E-state index contributed by atoms with van der Waals surface area (Å²) >= 11 is 0. The number of ether oxygens (including phenoxy) is 1. The van der Waals surface area contributed by atoms with Gasteiger partial charge >= 0.3 is 0 Å². The Morgan fingerprint density at radius 1 is 1.21 bits per heavy atom. The average molecular weight is 405 g/mol. The molecule has 2 aromatic rings. The smallest absolute Gasteiger partial charge is 0.251 e. The van der Waals surface area contributed by atoms with Gasteiger partial charge in [-0.25, -0.2) is 8.78 Å². The van der Waals surface area contributed by atoms with Gasteiger partial charge < -0.3 is 25.8 Å². The second kappa shape index (κ2) is 8.34. The highest BCUT2D eigenvalue weighted by Gasteiger charge is 2.30. The summed E-state index contributed by atoms with van der Waals surface area (Å²) in [7, 11) is 1.40. The summed E-state index contributed by atoms with van der Waals surface area (Å²) in [5.41, 5.74) is 1.18. The number of nitrogens with one attached hydrogen (secondary N) is 3. The molecule has 1 aliphatic heterocycles. The van der Waals surface area contributed by atoms with Gasteiger partial charge in [-0.15, -0.1) is 0 Å². The Labute approximate surface area is 168 Å². The van der Waals surface area contributed by atoms with Crippen molar-refractivity contribution in [2.75, 3.05) is 24.3 Å². The van der Waals surface area contributed by atoms with Crippen LogP contribution in [0.2, 0.25) is 0 Å². The summed E-state index contributed by atoms with van der Waals surface area (Å²) < 4.78 is 33.0. The standard InChI is InChI=1S/C21H25F2N3O3/c1-21(2,28)19-10-24-18-8-12(4-5-17(18)26-19)20(27)25-9-13-6-16(23)14(11-29-3)7-15(13)22/h4-8,19,24,26,28H,9-11H2,1-3H3,(H,25,27). The van der Waals surface area contributed by atoms with Gasteiger partial charge in [-0.1, -0.05) is 0 Å². The van der Waals surface area contributed by atoms with Crippen molar-refractivity contribution < 1.29 is 23.4 Å². The summed E-state index contributed by atoms with van der Waals surface area (Å²) in [6.07, 6.45) is 0. The molecule has 6 nitrogen and oxygen atoms in total. The van der Waals surface area contributed by atoms with Crippen LogP contribution in [0.3, 0.4) is 0 Å². The van der Waals surface area contributed by atoms with Crippen LogP contribution in [0.4, 0.5) is 20.2 Å². The molecule has 1 atom stereocenters. The van der Waals surface area contributed by atoms with Crippen molar-refractivity contribution in [1.82, 2.24) is 5.32 Å². The van der Waals surface area contributed by atoms with Crippen LogP contribution in [0.25, 0.3) is 0 Å². The minimum atomic E-state index is -0.904. The predicted octanol–water partition coefficient (Wildman–Crippen LogP) is 3.02. The van der Waals surface area contributed by atoms with E-state index in [9.17, 15) is 18.7 Å². The molecule has 1 aliphatic rings. The van der Waals surface area contributed by atoms with Crippen LogP contribution in [-0.4, -0.2) is 36.3 Å². The first kappa shape index (κ1) is 21.0. The molecule has 8 heteroatoms. The zero-order chi connectivity index (χ0) is 21.2. The molecule has 0 aromatic heterocycles. The fourth-order valence-electron chi connectivity index (χ4n) is 3.14. The number of halogens is 2. The van der Waals surface area contributed by atoms with Crippen LogP contribution < -0.4 is 16.0 Å². The third-order valence-corrected chi connectivity index (χ3v) is 4.92. The third kappa shape index (κ3) is 4.83. The number of carbonyl (C=O) groups excluding carboxylic acids is 1. The molecule has 0 aliphatic carbocycles. The molecule has 0 bridgehead atoms. The Balaban J connectivity index is 1.67. The minimum Gasteiger partial charge on any atom is -0.388 e. The van der Waals surface area contributed by atoms with Gasteiger partial charge in [0.1, 0.15) is 11.6 Å². The number of benzene rings is 2. The zero-order valence-electron chi connectivity index (χ0n) is 16.6. The van der Waals surface area contributed by atoms with Crippen molar-refractivity contribution in [3.05, 3.63) is 58.7 Å².